The van der Waals surface area contributed by atoms with Gasteiger partial charge in [-0.3, -0.25) is 14.5 Å². The Morgan fingerprint density at radius 1 is 1.04 bits per heavy atom. The molecule has 1 aliphatic heterocycles. The Labute approximate surface area is 156 Å². The molecule has 2 saturated carbocycles. The van der Waals surface area contributed by atoms with Crippen molar-refractivity contribution in [3.63, 3.8) is 0 Å². The van der Waals surface area contributed by atoms with Gasteiger partial charge in [-0.2, -0.15) is 5.26 Å². The standard InChI is InChI=1S/C20H32N4O2/c1-16(18(25)22-20(15-21)9-5-2-6-10-20)23-11-13-24(14-12-23)19(26)17-7-3-4-8-17/h16-17H,2-14H2,1H3,(H,22,25)/t16-/m0/s1. The van der Waals surface area contributed by atoms with Gasteiger partial charge < -0.3 is 10.2 Å². The third kappa shape index (κ3) is 4.20. The molecule has 0 spiro atoms. The molecule has 3 rings (SSSR count). The zero-order valence-electron chi connectivity index (χ0n) is 16.0. The Morgan fingerprint density at radius 3 is 2.23 bits per heavy atom. The van der Waals surface area contributed by atoms with Crippen LogP contribution in [0.25, 0.3) is 0 Å². The molecule has 0 radical (unpaired) electrons. The summed E-state index contributed by atoms with van der Waals surface area (Å²) in [4.78, 5) is 29.4. The molecule has 0 aromatic carbocycles. The van der Waals surface area contributed by atoms with Gasteiger partial charge >= 0.3 is 0 Å². The second-order valence-corrected chi connectivity index (χ2v) is 8.26. The Morgan fingerprint density at radius 2 is 1.65 bits per heavy atom. The number of hydrogen-bond donors (Lipinski definition) is 1. The predicted molar refractivity (Wildman–Crippen MR) is 99.1 cm³/mol. The maximum Gasteiger partial charge on any atom is 0.238 e. The van der Waals surface area contributed by atoms with Crippen molar-refractivity contribution in [3.05, 3.63) is 0 Å². The van der Waals surface area contributed by atoms with Gasteiger partial charge in [0, 0.05) is 32.1 Å². The van der Waals surface area contributed by atoms with Gasteiger partial charge in [-0.15, -0.1) is 0 Å². The smallest absolute Gasteiger partial charge is 0.238 e. The minimum atomic E-state index is -0.677. The van der Waals surface area contributed by atoms with Crippen LogP contribution in [0.4, 0.5) is 0 Å². The van der Waals surface area contributed by atoms with E-state index in [1.165, 1.54) is 12.8 Å². The van der Waals surface area contributed by atoms with Gasteiger partial charge in [0.2, 0.25) is 11.8 Å². The van der Waals surface area contributed by atoms with E-state index < -0.39 is 5.54 Å². The fourth-order valence-corrected chi connectivity index (χ4v) is 4.69. The third-order valence-corrected chi connectivity index (χ3v) is 6.54. The summed E-state index contributed by atoms with van der Waals surface area (Å²) >= 11 is 0. The summed E-state index contributed by atoms with van der Waals surface area (Å²) < 4.78 is 0. The van der Waals surface area contributed by atoms with E-state index >= 15 is 0 Å². The third-order valence-electron chi connectivity index (χ3n) is 6.54. The van der Waals surface area contributed by atoms with E-state index in [0.29, 0.717) is 19.0 Å². The van der Waals surface area contributed by atoms with Gasteiger partial charge in [0.15, 0.2) is 0 Å². The molecule has 1 heterocycles. The fourth-order valence-electron chi connectivity index (χ4n) is 4.69. The lowest BCUT2D eigenvalue weighted by Crippen LogP contribution is -2.58. The first-order valence-corrected chi connectivity index (χ1v) is 10.3. The topological polar surface area (TPSA) is 76.4 Å². The molecule has 26 heavy (non-hydrogen) atoms. The molecule has 0 aromatic rings. The summed E-state index contributed by atoms with van der Waals surface area (Å²) in [6.07, 6.45) is 9.09. The summed E-state index contributed by atoms with van der Waals surface area (Å²) in [6.45, 7) is 4.78. The number of nitrogens with zero attached hydrogens (tertiary/aromatic N) is 3. The molecular formula is C20H32N4O2. The molecule has 0 bridgehead atoms. The molecule has 0 unspecified atom stereocenters. The molecular weight excluding hydrogens is 328 g/mol. The number of carbonyl (C=O) groups excluding carboxylic acids is 2. The van der Waals surface area contributed by atoms with Gasteiger partial charge in [0.1, 0.15) is 5.54 Å². The van der Waals surface area contributed by atoms with Crippen molar-refractivity contribution < 1.29 is 9.59 Å². The van der Waals surface area contributed by atoms with Crippen LogP contribution >= 0.6 is 0 Å². The molecule has 3 fully saturated rings. The van der Waals surface area contributed by atoms with E-state index in [9.17, 15) is 14.9 Å². The predicted octanol–water partition coefficient (Wildman–Crippen LogP) is 2.05. The van der Waals surface area contributed by atoms with Crippen molar-refractivity contribution in [1.29, 1.82) is 5.26 Å². The van der Waals surface area contributed by atoms with Gasteiger partial charge in [-0.05, 0) is 32.6 Å². The molecule has 2 amide bonds. The largest absolute Gasteiger partial charge is 0.340 e. The van der Waals surface area contributed by atoms with Gasteiger partial charge in [0.05, 0.1) is 12.1 Å². The first kappa shape index (κ1) is 19.2. The van der Waals surface area contributed by atoms with Crippen LogP contribution in [0.5, 0.6) is 0 Å². The zero-order valence-corrected chi connectivity index (χ0v) is 16.0. The lowest BCUT2D eigenvalue weighted by Gasteiger charge is -2.39. The number of carbonyl (C=O) groups is 2. The monoisotopic (exact) mass is 360 g/mol. The SMILES string of the molecule is C[C@@H](C(=O)NC1(C#N)CCCCC1)N1CCN(C(=O)C2CCCC2)CC1. The van der Waals surface area contributed by atoms with Crippen LogP contribution in [0.3, 0.4) is 0 Å². The fraction of sp³-hybridized carbons (Fsp3) is 0.850. The maximum atomic E-state index is 12.7. The van der Waals surface area contributed by atoms with E-state index in [1.54, 1.807) is 0 Å². The highest BCUT2D eigenvalue weighted by atomic mass is 16.2. The van der Waals surface area contributed by atoms with E-state index in [0.717, 1.165) is 58.0 Å². The Balaban J connectivity index is 1.49. The lowest BCUT2D eigenvalue weighted by atomic mass is 9.82. The van der Waals surface area contributed by atoms with Crippen LogP contribution in [0.15, 0.2) is 0 Å². The van der Waals surface area contributed by atoms with Gasteiger partial charge in [-0.1, -0.05) is 32.1 Å². The van der Waals surface area contributed by atoms with E-state index in [4.69, 9.17) is 0 Å². The molecule has 1 saturated heterocycles. The number of nitrogens with one attached hydrogen (secondary N) is 1. The lowest BCUT2D eigenvalue weighted by molar-refractivity contribution is -0.138. The number of hydrogen-bond acceptors (Lipinski definition) is 4. The Hall–Kier alpha value is -1.61. The molecule has 144 valence electrons. The van der Waals surface area contributed by atoms with E-state index in [-0.39, 0.29) is 17.9 Å². The first-order chi connectivity index (χ1) is 12.5. The van der Waals surface area contributed by atoms with Crippen molar-refractivity contribution in [1.82, 2.24) is 15.1 Å². The van der Waals surface area contributed by atoms with Crippen molar-refractivity contribution >= 4 is 11.8 Å². The van der Waals surface area contributed by atoms with Crippen LogP contribution in [0, 0.1) is 17.2 Å². The van der Waals surface area contributed by atoms with Gasteiger partial charge in [0.25, 0.3) is 0 Å². The molecule has 3 aliphatic rings. The number of nitriles is 1. The Kier molecular flexibility index (Phi) is 6.18. The highest BCUT2D eigenvalue weighted by molar-refractivity contribution is 5.82. The van der Waals surface area contributed by atoms with E-state index in [2.05, 4.69) is 16.3 Å². The van der Waals surface area contributed by atoms with Crippen molar-refractivity contribution in [2.24, 2.45) is 5.92 Å². The second-order valence-electron chi connectivity index (χ2n) is 8.26. The van der Waals surface area contributed by atoms with Crippen LogP contribution in [0.1, 0.15) is 64.7 Å². The number of piperazine rings is 1. The summed E-state index contributed by atoms with van der Waals surface area (Å²) in [5, 5.41) is 12.6. The highest BCUT2D eigenvalue weighted by Gasteiger charge is 2.37. The van der Waals surface area contributed by atoms with E-state index in [1.807, 2.05) is 11.8 Å². The van der Waals surface area contributed by atoms with Crippen LogP contribution in [-0.4, -0.2) is 59.4 Å². The maximum absolute atomic E-state index is 12.7. The summed E-state index contributed by atoms with van der Waals surface area (Å²) in [5.41, 5.74) is -0.677. The van der Waals surface area contributed by atoms with Crippen molar-refractivity contribution in [3.8, 4) is 6.07 Å². The van der Waals surface area contributed by atoms with Crippen LogP contribution < -0.4 is 5.32 Å². The highest BCUT2D eigenvalue weighted by Crippen LogP contribution is 2.28. The van der Waals surface area contributed by atoms with Crippen molar-refractivity contribution in [2.75, 3.05) is 26.2 Å². The number of rotatable bonds is 4. The molecule has 0 aromatic heterocycles. The van der Waals surface area contributed by atoms with Crippen LogP contribution in [-0.2, 0) is 9.59 Å². The minimum absolute atomic E-state index is 0.0518. The molecule has 6 nitrogen and oxygen atoms in total. The first-order valence-electron chi connectivity index (χ1n) is 10.3. The number of amides is 2. The average Bonchev–Trinajstić information content (AvgIpc) is 3.22. The summed E-state index contributed by atoms with van der Waals surface area (Å²) in [7, 11) is 0. The molecule has 6 heteroatoms. The second kappa shape index (κ2) is 8.39. The van der Waals surface area contributed by atoms with Gasteiger partial charge in [-0.25, -0.2) is 0 Å². The summed E-state index contributed by atoms with van der Waals surface area (Å²) in [5.74, 6) is 0.484. The molecule has 1 N–H and O–H groups in total. The molecule has 2 aliphatic carbocycles. The zero-order chi connectivity index (χ0) is 18.6. The quantitative estimate of drug-likeness (QED) is 0.832. The van der Waals surface area contributed by atoms with Crippen LogP contribution in [0.2, 0.25) is 0 Å². The average molecular weight is 361 g/mol. The Bertz CT molecular complexity index is 551. The normalized spacial score (nSPS) is 25.5. The molecule has 1 atom stereocenters. The minimum Gasteiger partial charge on any atom is -0.340 e. The summed E-state index contributed by atoms with van der Waals surface area (Å²) in [6, 6.07) is 2.10. The van der Waals surface area contributed by atoms with Crippen molar-refractivity contribution in [2.45, 2.75) is 76.3 Å².